The van der Waals surface area contributed by atoms with E-state index < -0.39 is 18.6 Å². The van der Waals surface area contributed by atoms with Crippen LogP contribution in [-0.4, -0.2) is 22.3 Å². The Morgan fingerprint density at radius 1 is 1.42 bits per heavy atom. The minimum absolute atomic E-state index is 0.376. The molecule has 2 heterocycles. The average Bonchev–Trinajstić information content (AvgIpc) is 3.07. The number of nitrogens with one attached hydrogen (secondary N) is 1. The number of fused-ring (bicyclic) bond motifs is 1. The van der Waals surface area contributed by atoms with Crippen molar-refractivity contribution in [1.29, 1.82) is 0 Å². The van der Waals surface area contributed by atoms with E-state index in [1.807, 2.05) is 4.57 Å². The summed E-state index contributed by atoms with van der Waals surface area (Å²) in [5, 5.41) is 3.23. The van der Waals surface area contributed by atoms with Gasteiger partial charge in [0.25, 0.3) is 0 Å². The van der Waals surface area contributed by atoms with Crippen LogP contribution in [0.1, 0.15) is 55.4 Å². The van der Waals surface area contributed by atoms with Crippen molar-refractivity contribution in [2.24, 2.45) is 0 Å². The summed E-state index contributed by atoms with van der Waals surface area (Å²) in [6, 6.07) is -0.551. The summed E-state index contributed by atoms with van der Waals surface area (Å²) in [7, 11) is 0. The fourth-order valence-corrected chi connectivity index (χ4v) is 2.90. The lowest BCUT2D eigenvalue weighted by Gasteiger charge is -2.22. The topological polar surface area (TPSA) is 29.9 Å². The molecular formula is C13H18F3N3. The van der Waals surface area contributed by atoms with Gasteiger partial charge in [0.05, 0.1) is 12.1 Å². The second-order valence-corrected chi connectivity index (χ2v) is 5.60. The second kappa shape index (κ2) is 4.51. The van der Waals surface area contributed by atoms with Crippen LogP contribution in [0.25, 0.3) is 0 Å². The zero-order chi connectivity index (χ0) is 13.6. The molecule has 0 saturated heterocycles. The highest BCUT2D eigenvalue weighted by Crippen LogP contribution is 2.42. The summed E-state index contributed by atoms with van der Waals surface area (Å²) in [5.74, 6) is 1.26. The van der Waals surface area contributed by atoms with E-state index in [1.54, 1.807) is 6.92 Å². The number of hydrogen-bond acceptors (Lipinski definition) is 2. The maximum Gasteiger partial charge on any atom is 0.391 e. The van der Waals surface area contributed by atoms with Crippen molar-refractivity contribution in [3.05, 3.63) is 17.2 Å². The molecular weight excluding hydrogens is 255 g/mol. The Bertz CT molecular complexity index is 474. The molecule has 1 saturated carbocycles. The van der Waals surface area contributed by atoms with E-state index >= 15 is 0 Å². The minimum atomic E-state index is -4.12. The van der Waals surface area contributed by atoms with Crippen LogP contribution in [0, 0.1) is 0 Å². The van der Waals surface area contributed by atoms with Gasteiger partial charge in [-0.3, -0.25) is 0 Å². The number of imidazole rings is 1. The summed E-state index contributed by atoms with van der Waals surface area (Å²) >= 11 is 0. The molecule has 106 valence electrons. The summed E-state index contributed by atoms with van der Waals surface area (Å²) in [6.45, 7) is 3.16. The van der Waals surface area contributed by atoms with E-state index in [4.69, 9.17) is 0 Å². The highest BCUT2D eigenvalue weighted by Gasteiger charge is 2.37. The molecule has 1 fully saturated rings. The molecule has 0 bridgehead atoms. The van der Waals surface area contributed by atoms with Crippen LogP contribution in [0.5, 0.6) is 0 Å². The van der Waals surface area contributed by atoms with Crippen molar-refractivity contribution in [3.63, 3.8) is 0 Å². The first-order valence-corrected chi connectivity index (χ1v) is 6.83. The van der Waals surface area contributed by atoms with Crippen molar-refractivity contribution in [2.75, 3.05) is 6.54 Å². The van der Waals surface area contributed by atoms with Crippen molar-refractivity contribution in [3.8, 4) is 0 Å². The normalized spacial score (nSPS) is 21.3. The number of nitrogens with zero attached hydrogens (tertiary/aromatic N) is 2. The molecule has 6 heteroatoms. The Morgan fingerprint density at radius 3 is 2.79 bits per heavy atom. The van der Waals surface area contributed by atoms with Gasteiger partial charge in [-0.05, 0) is 19.8 Å². The van der Waals surface area contributed by atoms with Crippen LogP contribution in [0.4, 0.5) is 13.2 Å². The molecule has 0 radical (unpaired) electrons. The highest BCUT2D eigenvalue weighted by atomic mass is 19.4. The molecule has 1 aliphatic carbocycles. The number of halogens is 3. The molecule has 1 N–H and O–H groups in total. The third-order valence-corrected chi connectivity index (χ3v) is 3.86. The van der Waals surface area contributed by atoms with Crippen LogP contribution >= 0.6 is 0 Å². The lowest BCUT2D eigenvalue weighted by Crippen LogP contribution is -2.27. The molecule has 19 heavy (non-hydrogen) atoms. The van der Waals surface area contributed by atoms with Gasteiger partial charge in [-0.2, -0.15) is 13.2 Å². The number of alkyl halides is 3. The van der Waals surface area contributed by atoms with Gasteiger partial charge in [0, 0.05) is 37.2 Å². The second-order valence-electron chi connectivity index (χ2n) is 5.60. The van der Waals surface area contributed by atoms with Gasteiger partial charge in [0.2, 0.25) is 0 Å². The smallest absolute Gasteiger partial charge is 0.328 e. The largest absolute Gasteiger partial charge is 0.391 e. The van der Waals surface area contributed by atoms with Crippen molar-refractivity contribution in [2.45, 2.75) is 57.3 Å². The molecule has 1 aliphatic heterocycles. The van der Waals surface area contributed by atoms with Crippen molar-refractivity contribution in [1.82, 2.24) is 14.9 Å². The fourth-order valence-electron chi connectivity index (χ4n) is 2.90. The van der Waals surface area contributed by atoms with E-state index in [0.29, 0.717) is 12.5 Å². The first-order chi connectivity index (χ1) is 8.96. The summed E-state index contributed by atoms with van der Waals surface area (Å²) < 4.78 is 39.8. The predicted octanol–water partition coefficient (Wildman–Crippen LogP) is 2.92. The lowest BCUT2D eigenvalue weighted by molar-refractivity contribution is -0.141. The molecule has 0 aromatic carbocycles. The lowest BCUT2D eigenvalue weighted by atomic mass is 10.1. The fraction of sp³-hybridized carbons (Fsp3) is 0.769. The average molecular weight is 273 g/mol. The molecule has 0 spiro atoms. The Labute approximate surface area is 110 Å². The highest BCUT2D eigenvalue weighted by molar-refractivity contribution is 5.25. The van der Waals surface area contributed by atoms with Gasteiger partial charge in [-0.25, -0.2) is 4.98 Å². The van der Waals surface area contributed by atoms with Crippen molar-refractivity contribution < 1.29 is 13.2 Å². The molecule has 0 amide bonds. The Balaban J connectivity index is 1.95. The van der Waals surface area contributed by atoms with Crippen LogP contribution in [-0.2, 0) is 13.0 Å². The molecule has 3 nitrogen and oxygen atoms in total. The molecule has 1 unspecified atom stereocenters. The molecule has 1 atom stereocenters. The van der Waals surface area contributed by atoms with Gasteiger partial charge in [0.1, 0.15) is 5.82 Å². The summed E-state index contributed by atoms with van der Waals surface area (Å²) in [5.41, 5.74) is 1.96. The molecule has 1 aromatic rings. The maximum atomic E-state index is 12.6. The number of hydrogen-bond donors (Lipinski definition) is 1. The Hall–Kier alpha value is -1.04. The SMILES string of the molecule is CC(CC(F)(F)F)n1c(C2CC2)nc2c1CCNC2. The van der Waals surface area contributed by atoms with E-state index in [0.717, 1.165) is 43.0 Å². The standard InChI is InChI=1S/C13H18F3N3/c1-8(6-13(14,15)16)19-11-4-5-17-7-10(11)18-12(19)9-2-3-9/h8-9,17H,2-7H2,1H3. The maximum absolute atomic E-state index is 12.6. The zero-order valence-corrected chi connectivity index (χ0v) is 10.9. The predicted molar refractivity (Wildman–Crippen MR) is 65.0 cm³/mol. The third-order valence-electron chi connectivity index (χ3n) is 3.86. The van der Waals surface area contributed by atoms with E-state index in [-0.39, 0.29) is 0 Å². The number of rotatable bonds is 3. The monoisotopic (exact) mass is 273 g/mol. The number of aromatic nitrogens is 2. The first-order valence-electron chi connectivity index (χ1n) is 6.83. The van der Waals surface area contributed by atoms with Gasteiger partial charge >= 0.3 is 6.18 Å². The third kappa shape index (κ3) is 2.63. The van der Waals surface area contributed by atoms with Gasteiger partial charge in [-0.15, -0.1) is 0 Å². The summed E-state index contributed by atoms with van der Waals surface area (Å²) in [4.78, 5) is 4.60. The van der Waals surface area contributed by atoms with E-state index in [9.17, 15) is 13.2 Å². The zero-order valence-electron chi connectivity index (χ0n) is 10.9. The molecule has 2 aliphatic rings. The van der Waals surface area contributed by atoms with Gasteiger partial charge in [-0.1, -0.05) is 0 Å². The van der Waals surface area contributed by atoms with Crippen LogP contribution < -0.4 is 5.32 Å². The van der Waals surface area contributed by atoms with Gasteiger partial charge in [0.15, 0.2) is 0 Å². The van der Waals surface area contributed by atoms with Crippen LogP contribution in [0.15, 0.2) is 0 Å². The van der Waals surface area contributed by atoms with Crippen LogP contribution in [0.2, 0.25) is 0 Å². The quantitative estimate of drug-likeness (QED) is 0.917. The van der Waals surface area contributed by atoms with Crippen LogP contribution in [0.3, 0.4) is 0 Å². The molecule has 3 rings (SSSR count). The minimum Gasteiger partial charge on any atom is -0.328 e. The summed E-state index contributed by atoms with van der Waals surface area (Å²) in [6.07, 6.45) is -2.01. The van der Waals surface area contributed by atoms with E-state index in [1.165, 1.54) is 0 Å². The first kappa shape index (κ1) is 13.0. The van der Waals surface area contributed by atoms with Crippen molar-refractivity contribution >= 4 is 0 Å². The Morgan fingerprint density at radius 2 is 2.16 bits per heavy atom. The van der Waals surface area contributed by atoms with E-state index in [2.05, 4.69) is 10.3 Å². The van der Waals surface area contributed by atoms with Gasteiger partial charge < -0.3 is 9.88 Å². The Kier molecular flexibility index (Phi) is 3.08. The molecule has 1 aromatic heterocycles.